The molecule has 3 N–H and O–H groups in total. The van der Waals surface area contributed by atoms with Crippen LogP contribution in [0.3, 0.4) is 0 Å². The number of thiazole rings is 1. The largest absolute Gasteiger partial charge is 0.481 e. The third-order valence-electron chi connectivity index (χ3n) is 3.29. The van der Waals surface area contributed by atoms with Crippen molar-refractivity contribution in [3.05, 3.63) is 16.1 Å². The fraction of sp³-hybridized carbons (Fsp3) is 0.667. The van der Waals surface area contributed by atoms with Crippen molar-refractivity contribution in [3.8, 4) is 0 Å². The van der Waals surface area contributed by atoms with Gasteiger partial charge in [-0.1, -0.05) is 0 Å². The average Bonchev–Trinajstić information content (AvgIpc) is 2.77. The van der Waals surface area contributed by atoms with Gasteiger partial charge in [0.2, 0.25) is 0 Å². The second kappa shape index (κ2) is 5.77. The fourth-order valence-corrected chi connectivity index (χ4v) is 3.33. The fourth-order valence-electron chi connectivity index (χ4n) is 2.32. The first-order chi connectivity index (χ1) is 8.56. The molecule has 0 amide bonds. The number of nitrogens with zero attached hydrogens (tertiary/aromatic N) is 2. The second-order valence-electron chi connectivity index (χ2n) is 4.92. The Morgan fingerprint density at radius 1 is 1.78 bits per heavy atom. The first kappa shape index (κ1) is 13.5. The number of carbonyl (C=O) groups is 1. The van der Waals surface area contributed by atoms with E-state index in [9.17, 15) is 4.79 Å². The Balaban J connectivity index is 2.03. The maximum atomic E-state index is 10.6. The molecule has 0 radical (unpaired) electrons. The molecule has 5 nitrogen and oxygen atoms in total. The van der Waals surface area contributed by atoms with Gasteiger partial charge in [0.15, 0.2) is 0 Å². The number of nitrogens with two attached hydrogens (primary N) is 1. The number of piperidine rings is 1. The molecule has 1 fully saturated rings. The number of likely N-dealkylation sites (tertiary alicyclic amines) is 1. The van der Waals surface area contributed by atoms with E-state index in [0.717, 1.165) is 24.5 Å². The van der Waals surface area contributed by atoms with Crippen LogP contribution in [0.15, 0.2) is 5.38 Å². The number of aliphatic carboxylic acids is 1. The first-order valence-electron chi connectivity index (χ1n) is 6.17. The SMILES string of the molecule is CN1CCCC(c2nc(C(N)CC(=O)O)cs2)C1. The van der Waals surface area contributed by atoms with Gasteiger partial charge < -0.3 is 15.7 Å². The van der Waals surface area contributed by atoms with Gasteiger partial charge in [-0.25, -0.2) is 4.98 Å². The average molecular weight is 269 g/mol. The summed E-state index contributed by atoms with van der Waals surface area (Å²) in [6, 6.07) is -0.492. The highest BCUT2D eigenvalue weighted by Crippen LogP contribution is 2.30. The van der Waals surface area contributed by atoms with Crippen molar-refractivity contribution in [2.75, 3.05) is 20.1 Å². The van der Waals surface area contributed by atoms with Crippen LogP contribution in [-0.2, 0) is 4.79 Å². The minimum absolute atomic E-state index is 0.0618. The van der Waals surface area contributed by atoms with Crippen LogP contribution in [0.25, 0.3) is 0 Å². The van der Waals surface area contributed by atoms with Crippen LogP contribution >= 0.6 is 11.3 Å². The third kappa shape index (κ3) is 3.28. The zero-order valence-corrected chi connectivity index (χ0v) is 11.3. The van der Waals surface area contributed by atoms with Crippen LogP contribution < -0.4 is 5.73 Å². The molecule has 100 valence electrons. The number of aromatic nitrogens is 1. The van der Waals surface area contributed by atoms with Gasteiger partial charge in [0, 0.05) is 17.8 Å². The van der Waals surface area contributed by atoms with Crippen LogP contribution in [0.4, 0.5) is 0 Å². The standard InChI is InChI=1S/C12H19N3O2S/c1-15-4-2-3-8(6-15)12-14-10(7-18-12)9(13)5-11(16)17/h7-9H,2-6,13H2,1H3,(H,16,17). The summed E-state index contributed by atoms with van der Waals surface area (Å²) in [6.07, 6.45) is 2.29. The van der Waals surface area contributed by atoms with Crippen LogP contribution in [0.1, 0.15) is 41.9 Å². The molecule has 2 unspecified atom stereocenters. The van der Waals surface area contributed by atoms with Gasteiger partial charge >= 0.3 is 5.97 Å². The number of likely N-dealkylation sites (N-methyl/N-ethyl adjacent to an activating group) is 1. The molecule has 0 saturated carbocycles. The molecule has 18 heavy (non-hydrogen) atoms. The van der Waals surface area contributed by atoms with E-state index < -0.39 is 12.0 Å². The second-order valence-corrected chi connectivity index (χ2v) is 5.81. The van der Waals surface area contributed by atoms with Crippen molar-refractivity contribution >= 4 is 17.3 Å². The minimum atomic E-state index is -0.880. The summed E-state index contributed by atoms with van der Waals surface area (Å²) in [5.41, 5.74) is 6.53. The van der Waals surface area contributed by atoms with E-state index in [1.165, 1.54) is 6.42 Å². The van der Waals surface area contributed by atoms with E-state index in [-0.39, 0.29) is 6.42 Å². The van der Waals surface area contributed by atoms with Gasteiger partial charge in [-0.2, -0.15) is 0 Å². The van der Waals surface area contributed by atoms with Crippen molar-refractivity contribution in [2.45, 2.75) is 31.2 Å². The zero-order valence-electron chi connectivity index (χ0n) is 10.5. The van der Waals surface area contributed by atoms with Crippen molar-refractivity contribution in [1.82, 2.24) is 9.88 Å². The molecule has 6 heteroatoms. The Morgan fingerprint density at radius 3 is 3.22 bits per heavy atom. The Kier molecular flexibility index (Phi) is 4.31. The van der Waals surface area contributed by atoms with Crippen LogP contribution in [0, 0.1) is 0 Å². The lowest BCUT2D eigenvalue weighted by molar-refractivity contribution is -0.137. The number of hydrogen-bond acceptors (Lipinski definition) is 5. The molecular weight excluding hydrogens is 250 g/mol. The van der Waals surface area contributed by atoms with Crippen molar-refractivity contribution < 1.29 is 9.90 Å². The highest BCUT2D eigenvalue weighted by molar-refractivity contribution is 7.09. The van der Waals surface area contributed by atoms with Gasteiger partial charge in [-0.15, -0.1) is 11.3 Å². The molecule has 0 spiro atoms. The summed E-state index contributed by atoms with van der Waals surface area (Å²) < 4.78 is 0. The van der Waals surface area contributed by atoms with Gasteiger partial charge in [-0.3, -0.25) is 4.79 Å². The number of carboxylic acid groups (broad SMARTS) is 1. The summed E-state index contributed by atoms with van der Waals surface area (Å²) in [4.78, 5) is 17.5. The number of carboxylic acids is 1. The third-order valence-corrected chi connectivity index (χ3v) is 4.31. The van der Waals surface area contributed by atoms with Gasteiger partial charge in [0.25, 0.3) is 0 Å². The Bertz CT molecular complexity index is 421. The molecule has 1 aromatic heterocycles. The first-order valence-corrected chi connectivity index (χ1v) is 7.05. The lowest BCUT2D eigenvalue weighted by Gasteiger charge is -2.28. The molecule has 0 aromatic carbocycles. The topological polar surface area (TPSA) is 79.5 Å². The summed E-state index contributed by atoms with van der Waals surface area (Å²) in [6.45, 7) is 2.17. The highest BCUT2D eigenvalue weighted by atomic mass is 32.1. The van der Waals surface area contributed by atoms with Gasteiger partial charge in [0.05, 0.1) is 23.2 Å². The van der Waals surface area contributed by atoms with E-state index in [1.807, 2.05) is 5.38 Å². The molecule has 1 aliphatic heterocycles. The lowest BCUT2D eigenvalue weighted by atomic mass is 9.99. The minimum Gasteiger partial charge on any atom is -0.481 e. The number of rotatable bonds is 4. The molecule has 2 atom stereocenters. The highest BCUT2D eigenvalue weighted by Gasteiger charge is 2.23. The van der Waals surface area contributed by atoms with Crippen LogP contribution in [0.5, 0.6) is 0 Å². The molecule has 2 rings (SSSR count). The molecular formula is C12H19N3O2S. The van der Waals surface area contributed by atoms with Crippen LogP contribution in [0.2, 0.25) is 0 Å². The molecule has 0 bridgehead atoms. The number of hydrogen-bond donors (Lipinski definition) is 2. The molecule has 1 aliphatic rings. The molecule has 1 saturated heterocycles. The van der Waals surface area contributed by atoms with E-state index in [1.54, 1.807) is 11.3 Å². The van der Waals surface area contributed by atoms with Crippen LogP contribution in [-0.4, -0.2) is 41.1 Å². The molecule has 2 heterocycles. The van der Waals surface area contributed by atoms with Crippen molar-refractivity contribution in [2.24, 2.45) is 5.73 Å². The molecule has 0 aliphatic carbocycles. The summed E-state index contributed by atoms with van der Waals surface area (Å²) in [7, 11) is 2.12. The summed E-state index contributed by atoms with van der Waals surface area (Å²) in [5, 5.41) is 11.7. The Labute approximate surface area is 111 Å². The summed E-state index contributed by atoms with van der Waals surface area (Å²) in [5.74, 6) is -0.408. The van der Waals surface area contributed by atoms with Gasteiger partial charge in [0.1, 0.15) is 0 Å². The summed E-state index contributed by atoms with van der Waals surface area (Å²) >= 11 is 1.60. The van der Waals surface area contributed by atoms with Crippen molar-refractivity contribution in [1.29, 1.82) is 0 Å². The van der Waals surface area contributed by atoms with E-state index in [0.29, 0.717) is 11.6 Å². The van der Waals surface area contributed by atoms with Crippen molar-refractivity contribution in [3.63, 3.8) is 0 Å². The zero-order chi connectivity index (χ0) is 13.1. The maximum absolute atomic E-state index is 10.6. The monoisotopic (exact) mass is 269 g/mol. The Morgan fingerprint density at radius 2 is 2.56 bits per heavy atom. The maximum Gasteiger partial charge on any atom is 0.305 e. The van der Waals surface area contributed by atoms with E-state index in [4.69, 9.17) is 10.8 Å². The van der Waals surface area contributed by atoms with E-state index >= 15 is 0 Å². The smallest absolute Gasteiger partial charge is 0.305 e. The quantitative estimate of drug-likeness (QED) is 0.864. The van der Waals surface area contributed by atoms with Gasteiger partial charge in [-0.05, 0) is 26.4 Å². The Hall–Kier alpha value is -0.980. The molecule has 1 aromatic rings. The lowest BCUT2D eigenvalue weighted by Crippen LogP contribution is -2.30. The predicted molar refractivity (Wildman–Crippen MR) is 70.8 cm³/mol. The predicted octanol–water partition coefficient (Wildman–Crippen LogP) is 1.43. The van der Waals surface area contributed by atoms with E-state index in [2.05, 4.69) is 16.9 Å². The normalized spacial score (nSPS) is 22.9.